The number of amides is 1. The average molecular weight is 581 g/mol. The van der Waals surface area contributed by atoms with Crippen molar-refractivity contribution in [3.05, 3.63) is 70.5 Å². The molecule has 0 spiro atoms. The molecule has 2 unspecified atom stereocenters. The van der Waals surface area contributed by atoms with Crippen LogP contribution >= 0.6 is 23.2 Å². The Morgan fingerprint density at radius 1 is 1.13 bits per heavy atom. The van der Waals surface area contributed by atoms with Crippen molar-refractivity contribution in [2.75, 3.05) is 35.7 Å². The highest BCUT2D eigenvalue weighted by atomic mass is 35.5. The molecule has 0 radical (unpaired) electrons. The van der Waals surface area contributed by atoms with E-state index in [0.717, 1.165) is 6.26 Å². The van der Waals surface area contributed by atoms with E-state index in [0.29, 0.717) is 51.6 Å². The van der Waals surface area contributed by atoms with Crippen LogP contribution in [-0.4, -0.2) is 51.9 Å². The topological polar surface area (TPSA) is 124 Å². The quantitative estimate of drug-likeness (QED) is 0.477. The fraction of sp³-hybridized carbons (Fsp3) is 0.280. The van der Waals surface area contributed by atoms with Gasteiger partial charge in [-0.15, -0.1) is 0 Å². The zero-order valence-electron chi connectivity index (χ0n) is 20.8. The number of rotatable bonds is 8. The van der Waals surface area contributed by atoms with E-state index in [4.69, 9.17) is 27.9 Å². The molecule has 0 aliphatic carbocycles. The van der Waals surface area contributed by atoms with Crippen molar-refractivity contribution in [3.63, 3.8) is 0 Å². The monoisotopic (exact) mass is 580 g/mol. The van der Waals surface area contributed by atoms with Crippen LogP contribution in [-0.2, 0) is 19.6 Å². The Hall–Kier alpha value is -3.25. The molecule has 2 aromatic rings. The summed E-state index contributed by atoms with van der Waals surface area (Å²) >= 11 is 12.5. The second-order valence-corrected chi connectivity index (χ2v) is 11.3. The molecule has 2 aliphatic rings. The number of anilines is 2. The molecule has 4 rings (SSSR count). The Balaban J connectivity index is 1.77. The number of aliphatic carboxylic acids is 1. The molecule has 1 amide bonds. The largest absolute Gasteiger partial charge is 0.541 e. The van der Waals surface area contributed by atoms with Gasteiger partial charge in [0.05, 0.1) is 34.2 Å². The second kappa shape index (κ2) is 10.5. The molecule has 2 aliphatic heterocycles. The number of sulfonamides is 1. The van der Waals surface area contributed by atoms with Crippen LogP contribution in [0.25, 0.3) is 0 Å². The van der Waals surface area contributed by atoms with Crippen LogP contribution < -0.4 is 29.3 Å². The van der Waals surface area contributed by atoms with Gasteiger partial charge in [-0.05, 0) is 38.1 Å². The number of likely N-dealkylation sites (N-methyl/N-ethyl adjacent to an activating group) is 1. The normalized spacial score (nSPS) is 21.5. The number of para-hydroxylation sites is 2. The lowest BCUT2D eigenvalue weighted by atomic mass is 10.1. The maximum Gasteiger partial charge on any atom is 0.308 e. The number of hydrogen-bond acceptors (Lipinski definition) is 8. The first-order valence-electron chi connectivity index (χ1n) is 11.7. The van der Waals surface area contributed by atoms with E-state index in [1.165, 1.54) is 12.2 Å². The smallest absolute Gasteiger partial charge is 0.308 e. The van der Waals surface area contributed by atoms with E-state index < -0.39 is 27.6 Å². The number of hydrogen-bond donors (Lipinski definition) is 2. The lowest BCUT2D eigenvalue weighted by Crippen LogP contribution is -3.17. The third kappa shape index (κ3) is 5.06. The lowest BCUT2D eigenvalue weighted by molar-refractivity contribution is -0.883. The van der Waals surface area contributed by atoms with Crippen LogP contribution in [0.2, 0.25) is 10.0 Å². The highest BCUT2D eigenvalue weighted by Gasteiger charge is 2.50. The first-order chi connectivity index (χ1) is 17.9. The maximum atomic E-state index is 12.6. The molecule has 2 atom stereocenters. The molecule has 13 heteroatoms. The number of fused-ring (bicyclic) bond motifs is 2. The van der Waals surface area contributed by atoms with Crippen LogP contribution in [0, 0.1) is 0 Å². The highest BCUT2D eigenvalue weighted by molar-refractivity contribution is 7.89. The summed E-state index contributed by atoms with van der Waals surface area (Å²) in [4.78, 5) is 29.0. The number of benzene rings is 2. The Bertz CT molecular complexity index is 1460. The summed E-state index contributed by atoms with van der Waals surface area (Å²) in [5, 5.41) is 13.0. The summed E-state index contributed by atoms with van der Waals surface area (Å²) in [6.45, 7) is 4.23. The zero-order valence-corrected chi connectivity index (χ0v) is 23.2. The lowest BCUT2D eigenvalue weighted by Gasteiger charge is -2.30. The van der Waals surface area contributed by atoms with Gasteiger partial charge in [0.2, 0.25) is 10.0 Å². The predicted octanol–water partition coefficient (Wildman–Crippen LogP) is 1.19. The molecule has 0 fully saturated rings. The standard InChI is InChI=1S/C25H26Cl2N4O6S/c1-4-29-19-13-16(26)17(27)14-20(19)30(15-22(32)28-38(3,35)36)23(29)11-8-12-25(24(33)34)31(5-2)18-9-6-7-10-21(18)37-25/h6-14H,4-5,15H2,1-3H3,(H,28,32)(H,33,34). The number of nitrogens with zero attached hydrogens (tertiary/aromatic N) is 2. The van der Waals surface area contributed by atoms with Crippen molar-refractivity contribution in [1.29, 1.82) is 0 Å². The predicted molar refractivity (Wildman–Crippen MR) is 143 cm³/mol. The Labute approximate surface area is 230 Å². The first-order valence-corrected chi connectivity index (χ1v) is 14.4. The number of carboxylic acids is 1. The molecule has 0 bridgehead atoms. The minimum atomic E-state index is -3.79. The number of carboxylic acid groups (broad SMARTS) is 1. The summed E-state index contributed by atoms with van der Waals surface area (Å²) in [6, 6.07) is 10.3. The summed E-state index contributed by atoms with van der Waals surface area (Å²) in [7, 11) is -3.79. The zero-order chi connectivity index (χ0) is 27.8. The first kappa shape index (κ1) is 27.8. The van der Waals surface area contributed by atoms with Crippen molar-refractivity contribution < 1.29 is 32.8 Å². The molecule has 202 valence electrons. The number of halogens is 2. The summed E-state index contributed by atoms with van der Waals surface area (Å²) in [5.41, 5.74) is 0.0600. The summed E-state index contributed by atoms with van der Waals surface area (Å²) in [5.74, 6) is -1.26. The maximum absolute atomic E-state index is 12.6. The van der Waals surface area contributed by atoms with Gasteiger partial charge in [-0.3, -0.25) is 14.4 Å². The van der Waals surface area contributed by atoms with E-state index in [2.05, 4.69) is 0 Å². The molecule has 0 saturated carbocycles. The van der Waals surface area contributed by atoms with Crippen molar-refractivity contribution in [2.24, 2.45) is 0 Å². The van der Waals surface area contributed by atoms with Crippen molar-refractivity contribution in [3.8, 4) is 5.75 Å². The van der Waals surface area contributed by atoms with Crippen molar-refractivity contribution >= 4 is 62.2 Å². The number of carbonyl (C=O) groups is 2. The average Bonchev–Trinajstić information content (AvgIpc) is 3.30. The highest BCUT2D eigenvalue weighted by Crippen LogP contribution is 2.45. The third-order valence-electron chi connectivity index (χ3n) is 6.23. The van der Waals surface area contributed by atoms with E-state index in [-0.39, 0.29) is 11.6 Å². The molecule has 2 heterocycles. The SMILES string of the molecule is CCN1C(=CC=CC2(C(=O)[O-])Oc3ccccc3[NH+]2CC)N(CC(=O)NS(C)(=O)=O)c2cc(Cl)c(Cl)cc21. The van der Waals surface area contributed by atoms with Gasteiger partial charge in [0.25, 0.3) is 5.91 Å². The van der Waals surface area contributed by atoms with E-state index >= 15 is 0 Å². The van der Waals surface area contributed by atoms with Gasteiger partial charge in [0.15, 0.2) is 17.4 Å². The van der Waals surface area contributed by atoms with Gasteiger partial charge < -0.3 is 24.4 Å². The second-order valence-electron chi connectivity index (χ2n) is 8.72. The minimum absolute atomic E-state index is 0.252. The molecular weight excluding hydrogens is 555 g/mol. The molecule has 0 saturated heterocycles. The Morgan fingerprint density at radius 2 is 1.76 bits per heavy atom. The third-order valence-corrected chi connectivity index (χ3v) is 7.55. The molecular formula is C25H26Cl2N4O6S. The van der Waals surface area contributed by atoms with Gasteiger partial charge in [0, 0.05) is 18.7 Å². The van der Waals surface area contributed by atoms with E-state index in [1.54, 1.807) is 47.4 Å². The van der Waals surface area contributed by atoms with Crippen LogP contribution in [0.15, 0.2) is 60.4 Å². The van der Waals surface area contributed by atoms with E-state index in [1.807, 2.05) is 23.5 Å². The number of allylic oxidation sites excluding steroid dienone is 2. The molecule has 2 aromatic carbocycles. The minimum Gasteiger partial charge on any atom is -0.541 e. The molecule has 10 nitrogen and oxygen atoms in total. The number of quaternary nitrogens is 1. The van der Waals surface area contributed by atoms with Gasteiger partial charge in [-0.1, -0.05) is 41.4 Å². The number of ether oxygens (including phenoxy) is 1. The Morgan fingerprint density at radius 3 is 2.34 bits per heavy atom. The van der Waals surface area contributed by atoms with Crippen LogP contribution in [0.3, 0.4) is 0 Å². The van der Waals surface area contributed by atoms with Gasteiger partial charge in [0.1, 0.15) is 12.4 Å². The van der Waals surface area contributed by atoms with Gasteiger partial charge in [-0.2, -0.15) is 0 Å². The molecule has 2 N–H and O–H groups in total. The van der Waals surface area contributed by atoms with Crippen LogP contribution in [0.5, 0.6) is 5.75 Å². The van der Waals surface area contributed by atoms with E-state index in [9.17, 15) is 23.1 Å². The fourth-order valence-electron chi connectivity index (χ4n) is 4.74. The molecule has 38 heavy (non-hydrogen) atoms. The summed E-state index contributed by atoms with van der Waals surface area (Å²) in [6.07, 6.45) is 5.42. The van der Waals surface area contributed by atoms with Crippen molar-refractivity contribution in [2.45, 2.75) is 19.6 Å². The Kier molecular flexibility index (Phi) is 7.67. The molecule has 0 aromatic heterocycles. The van der Waals surface area contributed by atoms with Crippen LogP contribution in [0.4, 0.5) is 17.1 Å². The van der Waals surface area contributed by atoms with Gasteiger partial charge in [-0.25, -0.2) is 8.42 Å². The number of carbonyl (C=O) groups excluding carboxylic acids is 2. The summed E-state index contributed by atoms with van der Waals surface area (Å²) < 4.78 is 31.1. The van der Waals surface area contributed by atoms with Crippen molar-refractivity contribution in [1.82, 2.24) is 4.72 Å². The van der Waals surface area contributed by atoms with Gasteiger partial charge >= 0.3 is 5.72 Å². The number of nitrogens with one attached hydrogen (secondary N) is 2. The van der Waals surface area contributed by atoms with Crippen LogP contribution in [0.1, 0.15) is 13.8 Å². The fourth-order valence-corrected chi connectivity index (χ4v) is 5.54.